The molecule has 2 aliphatic heterocycles. The van der Waals surface area contributed by atoms with Crippen molar-refractivity contribution in [2.45, 2.75) is 25.8 Å². The van der Waals surface area contributed by atoms with Crippen molar-refractivity contribution in [3.05, 3.63) is 48.4 Å². The van der Waals surface area contributed by atoms with Gasteiger partial charge in [0.05, 0.1) is 5.69 Å². The standard InChI is InChI=1S/C19H23N5/c1-2-10-23-13-7-17-16(14-23)19(24-11-3-4-12-24)22-18(21-17)15-5-8-20-9-6-15/h2,5-6,8-9H,1,3-4,7,10-14H2. The molecule has 0 spiro atoms. The lowest BCUT2D eigenvalue weighted by Crippen LogP contribution is -2.34. The molecule has 124 valence electrons. The molecule has 2 aliphatic rings. The lowest BCUT2D eigenvalue weighted by molar-refractivity contribution is 0.279. The van der Waals surface area contributed by atoms with Crippen LogP contribution in [0.15, 0.2) is 37.2 Å². The highest BCUT2D eigenvalue weighted by Gasteiger charge is 2.26. The maximum atomic E-state index is 4.97. The van der Waals surface area contributed by atoms with Gasteiger partial charge in [0.2, 0.25) is 0 Å². The monoisotopic (exact) mass is 321 g/mol. The fourth-order valence-corrected chi connectivity index (χ4v) is 3.61. The normalized spacial score (nSPS) is 17.8. The van der Waals surface area contributed by atoms with Crippen LogP contribution in [-0.4, -0.2) is 46.0 Å². The van der Waals surface area contributed by atoms with Gasteiger partial charge in [-0.25, -0.2) is 9.97 Å². The van der Waals surface area contributed by atoms with E-state index in [4.69, 9.17) is 9.97 Å². The fraction of sp³-hybridized carbons (Fsp3) is 0.421. The topological polar surface area (TPSA) is 45.2 Å². The van der Waals surface area contributed by atoms with Crippen molar-refractivity contribution in [3.63, 3.8) is 0 Å². The largest absolute Gasteiger partial charge is 0.356 e. The Morgan fingerprint density at radius 1 is 1.08 bits per heavy atom. The maximum Gasteiger partial charge on any atom is 0.161 e. The van der Waals surface area contributed by atoms with Crippen molar-refractivity contribution >= 4 is 5.82 Å². The highest BCUT2D eigenvalue weighted by Crippen LogP contribution is 2.31. The van der Waals surface area contributed by atoms with Gasteiger partial charge in [0.1, 0.15) is 5.82 Å². The summed E-state index contributed by atoms with van der Waals surface area (Å²) >= 11 is 0. The smallest absolute Gasteiger partial charge is 0.161 e. The van der Waals surface area contributed by atoms with Crippen LogP contribution in [-0.2, 0) is 13.0 Å². The number of fused-ring (bicyclic) bond motifs is 1. The molecule has 0 aromatic carbocycles. The van der Waals surface area contributed by atoms with E-state index < -0.39 is 0 Å². The van der Waals surface area contributed by atoms with E-state index in [0.29, 0.717) is 0 Å². The van der Waals surface area contributed by atoms with Crippen molar-refractivity contribution < 1.29 is 0 Å². The van der Waals surface area contributed by atoms with Crippen LogP contribution in [0.2, 0.25) is 0 Å². The summed E-state index contributed by atoms with van der Waals surface area (Å²) < 4.78 is 0. The molecule has 0 aliphatic carbocycles. The van der Waals surface area contributed by atoms with Gasteiger partial charge >= 0.3 is 0 Å². The molecule has 1 saturated heterocycles. The Bertz CT molecular complexity index is 722. The summed E-state index contributed by atoms with van der Waals surface area (Å²) in [6.07, 6.45) is 9.07. The third kappa shape index (κ3) is 2.91. The quantitative estimate of drug-likeness (QED) is 0.810. The Balaban J connectivity index is 1.77. The Labute approximate surface area is 143 Å². The molecule has 0 amide bonds. The first kappa shape index (κ1) is 15.3. The number of rotatable bonds is 4. The molecule has 0 atom stereocenters. The molecule has 24 heavy (non-hydrogen) atoms. The van der Waals surface area contributed by atoms with Crippen LogP contribution in [0, 0.1) is 0 Å². The van der Waals surface area contributed by atoms with Gasteiger partial charge in [-0.1, -0.05) is 6.08 Å². The molecular weight excluding hydrogens is 298 g/mol. The van der Waals surface area contributed by atoms with Crippen molar-refractivity contribution in [2.24, 2.45) is 0 Å². The van der Waals surface area contributed by atoms with E-state index in [2.05, 4.69) is 21.4 Å². The summed E-state index contributed by atoms with van der Waals surface area (Å²) in [7, 11) is 0. The third-order valence-corrected chi connectivity index (χ3v) is 4.85. The summed E-state index contributed by atoms with van der Waals surface area (Å²) in [5, 5.41) is 0. The highest BCUT2D eigenvalue weighted by molar-refractivity contribution is 5.61. The summed E-state index contributed by atoms with van der Waals surface area (Å²) in [4.78, 5) is 18.8. The van der Waals surface area contributed by atoms with Crippen molar-refractivity contribution in [3.8, 4) is 11.4 Å². The summed E-state index contributed by atoms with van der Waals surface area (Å²) in [5.74, 6) is 1.97. The first-order valence-electron chi connectivity index (χ1n) is 8.73. The van der Waals surface area contributed by atoms with Gasteiger partial charge in [-0.15, -0.1) is 6.58 Å². The second kappa shape index (κ2) is 6.69. The zero-order valence-electron chi connectivity index (χ0n) is 14.0. The molecule has 2 aromatic rings. The van der Waals surface area contributed by atoms with Gasteiger partial charge in [-0.3, -0.25) is 9.88 Å². The van der Waals surface area contributed by atoms with E-state index >= 15 is 0 Å². The van der Waals surface area contributed by atoms with Gasteiger partial charge in [0.25, 0.3) is 0 Å². The molecule has 0 N–H and O–H groups in total. The first-order chi connectivity index (χ1) is 11.8. The Hall–Kier alpha value is -2.27. The van der Waals surface area contributed by atoms with Crippen LogP contribution in [0.4, 0.5) is 5.82 Å². The molecule has 5 nitrogen and oxygen atoms in total. The second-order valence-electron chi connectivity index (χ2n) is 6.50. The number of anilines is 1. The average molecular weight is 321 g/mol. The molecule has 0 unspecified atom stereocenters. The van der Waals surface area contributed by atoms with E-state index in [1.807, 2.05) is 18.2 Å². The number of aromatic nitrogens is 3. The molecule has 4 heterocycles. The van der Waals surface area contributed by atoms with Gasteiger partial charge in [-0.2, -0.15) is 0 Å². The zero-order chi connectivity index (χ0) is 16.4. The minimum atomic E-state index is 0.829. The van der Waals surface area contributed by atoms with E-state index in [1.54, 1.807) is 12.4 Å². The van der Waals surface area contributed by atoms with E-state index in [1.165, 1.54) is 24.1 Å². The lowest BCUT2D eigenvalue weighted by Gasteiger charge is -2.31. The average Bonchev–Trinajstić information content (AvgIpc) is 3.16. The van der Waals surface area contributed by atoms with Crippen molar-refractivity contribution in [2.75, 3.05) is 31.1 Å². The van der Waals surface area contributed by atoms with Gasteiger partial charge in [0, 0.05) is 62.7 Å². The molecule has 0 saturated carbocycles. The van der Waals surface area contributed by atoms with E-state index in [-0.39, 0.29) is 0 Å². The van der Waals surface area contributed by atoms with E-state index in [0.717, 1.165) is 56.4 Å². The first-order valence-corrected chi connectivity index (χ1v) is 8.73. The number of pyridine rings is 1. The SMILES string of the molecule is C=CCN1CCc2nc(-c3ccncc3)nc(N3CCCC3)c2C1. The second-order valence-corrected chi connectivity index (χ2v) is 6.50. The minimum Gasteiger partial charge on any atom is -0.356 e. The van der Waals surface area contributed by atoms with Crippen LogP contribution in [0.5, 0.6) is 0 Å². The predicted octanol–water partition coefficient (Wildman–Crippen LogP) is 2.68. The van der Waals surface area contributed by atoms with Gasteiger partial charge in [-0.05, 0) is 25.0 Å². The molecule has 1 fully saturated rings. The van der Waals surface area contributed by atoms with Crippen LogP contribution < -0.4 is 4.90 Å². The number of hydrogen-bond donors (Lipinski definition) is 0. The molecule has 0 bridgehead atoms. The Morgan fingerprint density at radius 2 is 1.88 bits per heavy atom. The van der Waals surface area contributed by atoms with Crippen LogP contribution in [0.3, 0.4) is 0 Å². The summed E-state index contributed by atoms with van der Waals surface area (Å²) in [5.41, 5.74) is 3.56. The van der Waals surface area contributed by atoms with Crippen LogP contribution in [0.1, 0.15) is 24.1 Å². The fourth-order valence-electron chi connectivity index (χ4n) is 3.61. The maximum absolute atomic E-state index is 4.97. The third-order valence-electron chi connectivity index (χ3n) is 4.85. The van der Waals surface area contributed by atoms with E-state index in [9.17, 15) is 0 Å². The van der Waals surface area contributed by atoms with Gasteiger partial charge < -0.3 is 4.90 Å². The summed E-state index contributed by atoms with van der Waals surface area (Å²) in [6.45, 7) is 8.95. The Morgan fingerprint density at radius 3 is 2.62 bits per heavy atom. The van der Waals surface area contributed by atoms with Crippen molar-refractivity contribution in [1.82, 2.24) is 19.9 Å². The molecule has 0 radical (unpaired) electrons. The zero-order valence-corrected chi connectivity index (χ0v) is 14.0. The predicted molar refractivity (Wildman–Crippen MR) is 95.9 cm³/mol. The molecule has 2 aromatic heterocycles. The Kier molecular flexibility index (Phi) is 4.26. The van der Waals surface area contributed by atoms with Crippen LogP contribution >= 0.6 is 0 Å². The van der Waals surface area contributed by atoms with Crippen molar-refractivity contribution in [1.29, 1.82) is 0 Å². The number of nitrogens with zero attached hydrogens (tertiary/aromatic N) is 5. The minimum absolute atomic E-state index is 0.829. The van der Waals surface area contributed by atoms with Gasteiger partial charge in [0.15, 0.2) is 5.82 Å². The molecular formula is C19H23N5. The summed E-state index contributed by atoms with van der Waals surface area (Å²) in [6, 6.07) is 3.98. The lowest BCUT2D eigenvalue weighted by atomic mass is 10.0. The highest BCUT2D eigenvalue weighted by atomic mass is 15.2. The number of hydrogen-bond acceptors (Lipinski definition) is 5. The molecule has 4 rings (SSSR count). The van der Waals surface area contributed by atoms with Crippen LogP contribution in [0.25, 0.3) is 11.4 Å². The molecule has 5 heteroatoms.